The highest BCUT2D eigenvalue weighted by molar-refractivity contribution is 6.29. The number of hydrogen-bond acceptors (Lipinski definition) is 3. The number of nitrogens with zero attached hydrogens (tertiary/aromatic N) is 1. The van der Waals surface area contributed by atoms with Crippen LogP contribution in [0.15, 0.2) is 30.3 Å². The number of ether oxygens (including phenoxy) is 1. The number of rotatable bonds is 4. The molecule has 0 aliphatic heterocycles. The summed E-state index contributed by atoms with van der Waals surface area (Å²) in [7, 11) is 1.28. The summed E-state index contributed by atoms with van der Waals surface area (Å²) in [5, 5.41) is 0. The fraction of sp³-hybridized carbons (Fsp3) is 0.333. The summed E-state index contributed by atoms with van der Waals surface area (Å²) in [4.78, 5) is 24.6. The zero-order valence-electron chi connectivity index (χ0n) is 9.72. The van der Waals surface area contributed by atoms with Crippen molar-refractivity contribution in [2.45, 2.75) is 13.0 Å². The van der Waals surface area contributed by atoms with Gasteiger partial charge in [-0.1, -0.05) is 18.2 Å². The summed E-state index contributed by atoms with van der Waals surface area (Å²) in [6, 6.07) is 8.18. The van der Waals surface area contributed by atoms with Crippen molar-refractivity contribution in [3.05, 3.63) is 30.3 Å². The lowest BCUT2D eigenvalue weighted by Gasteiger charge is -2.26. The Balaban J connectivity index is 3.05. The van der Waals surface area contributed by atoms with Gasteiger partial charge in [-0.3, -0.25) is 9.69 Å². The number of benzene rings is 1. The predicted octanol–water partition coefficient (Wildman–Crippen LogP) is 1.82. The molecule has 0 saturated carbocycles. The molecule has 0 aliphatic carbocycles. The Bertz CT molecular complexity index is 394. The molecule has 0 spiro atoms. The van der Waals surface area contributed by atoms with E-state index in [1.54, 1.807) is 31.2 Å². The van der Waals surface area contributed by atoms with Gasteiger partial charge in [0.1, 0.15) is 11.9 Å². The van der Waals surface area contributed by atoms with Crippen LogP contribution in [0, 0.1) is 0 Å². The lowest BCUT2D eigenvalue weighted by molar-refractivity contribution is -0.142. The lowest BCUT2D eigenvalue weighted by Crippen LogP contribution is -2.44. The van der Waals surface area contributed by atoms with E-state index in [1.165, 1.54) is 12.0 Å². The SMILES string of the molecule is COC(=O)C(C)N(C(=O)CCl)c1ccccc1. The Hall–Kier alpha value is -1.55. The van der Waals surface area contributed by atoms with Crippen molar-refractivity contribution in [1.29, 1.82) is 0 Å². The fourth-order valence-electron chi connectivity index (χ4n) is 1.51. The van der Waals surface area contributed by atoms with E-state index in [0.29, 0.717) is 5.69 Å². The topological polar surface area (TPSA) is 46.6 Å². The van der Waals surface area contributed by atoms with Gasteiger partial charge in [-0.05, 0) is 19.1 Å². The quantitative estimate of drug-likeness (QED) is 0.609. The van der Waals surface area contributed by atoms with Gasteiger partial charge >= 0.3 is 5.97 Å². The van der Waals surface area contributed by atoms with Gasteiger partial charge in [-0.15, -0.1) is 11.6 Å². The van der Waals surface area contributed by atoms with Crippen LogP contribution >= 0.6 is 11.6 Å². The van der Waals surface area contributed by atoms with Crippen LogP contribution in [0.25, 0.3) is 0 Å². The normalized spacial score (nSPS) is 11.7. The smallest absolute Gasteiger partial charge is 0.328 e. The number of carbonyl (C=O) groups is 2. The molecule has 17 heavy (non-hydrogen) atoms. The molecule has 0 N–H and O–H groups in total. The van der Waals surface area contributed by atoms with Gasteiger partial charge in [0, 0.05) is 5.69 Å². The molecule has 1 rings (SSSR count). The van der Waals surface area contributed by atoms with Crippen molar-refractivity contribution in [3.63, 3.8) is 0 Å². The van der Waals surface area contributed by atoms with E-state index in [4.69, 9.17) is 11.6 Å². The largest absolute Gasteiger partial charge is 0.467 e. The molecule has 1 aromatic carbocycles. The summed E-state index contributed by atoms with van der Waals surface area (Å²) in [6.45, 7) is 1.60. The molecule has 0 fully saturated rings. The minimum Gasteiger partial charge on any atom is -0.467 e. The maximum Gasteiger partial charge on any atom is 0.328 e. The van der Waals surface area contributed by atoms with Crippen molar-refractivity contribution in [2.24, 2.45) is 0 Å². The Kier molecular flexibility index (Phi) is 4.97. The Morgan fingerprint density at radius 3 is 2.41 bits per heavy atom. The number of alkyl halides is 1. The first-order valence-corrected chi connectivity index (χ1v) is 5.66. The number of esters is 1. The minimum atomic E-state index is -0.700. The van der Waals surface area contributed by atoms with Crippen molar-refractivity contribution >= 4 is 29.2 Å². The third-order valence-electron chi connectivity index (χ3n) is 2.35. The molecule has 92 valence electrons. The second-order valence-corrected chi connectivity index (χ2v) is 3.70. The molecule has 0 bridgehead atoms. The van der Waals surface area contributed by atoms with Gasteiger partial charge in [-0.2, -0.15) is 0 Å². The van der Waals surface area contributed by atoms with Crippen molar-refractivity contribution < 1.29 is 14.3 Å². The summed E-state index contributed by atoms with van der Waals surface area (Å²) < 4.78 is 4.63. The van der Waals surface area contributed by atoms with Crippen LogP contribution in [0.2, 0.25) is 0 Å². The molecule has 0 heterocycles. The number of amides is 1. The Labute approximate surface area is 105 Å². The summed E-state index contributed by atoms with van der Waals surface area (Å²) in [5.74, 6) is -1.00. The van der Waals surface area contributed by atoms with Crippen molar-refractivity contribution in [1.82, 2.24) is 0 Å². The van der Waals surface area contributed by atoms with Crippen LogP contribution in [0.4, 0.5) is 5.69 Å². The number of halogens is 1. The monoisotopic (exact) mass is 255 g/mol. The van der Waals surface area contributed by atoms with Crippen LogP contribution < -0.4 is 4.90 Å². The molecule has 1 amide bonds. The average Bonchev–Trinajstić information content (AvgIpc) is 2.38. The summed E-state index contributed by atoms with van der Waals surface area (Å²) in [5.41, 5.74) is 0.621. The number of para-hydroxylation sites is 1. The van der Waals surface area contributed by atoms with E-state index in [9.17, 15) is 9.59 Å². The molecule has 0 radical (unpaired) electrons. The molecule has 0 saturated heterocycles. The van der Waals surface area contributed by atoms with Gasteiger partial charge in [0.15, 0.2) is 0 Å². The molecule has 5 heteroatoms. The highest BCUT2D eigenvalue weighted by Gasteiger charge is 2.27. The molecule has 4 nitrogen and oxygen atoms in total. The molecule has 0 aromatic heterocycles. The van der Waals surface area contributed by atoms with Gasteiger partial charge < -0.3 is 4.74 Å². The average molecular weight is 256 g/mol. The van der Waals surface area contributed by atoms with Gasteiger partial charge in [0.2, 0.25) is 5.91 Å². The van der Waals surface area contributed by atoms with Crippen molar-refractivity contribution in [3.8, 4) is 0 Å². The maximum atomic E-state index is 11.8. The van der Waals surface area contributed by atoms with Gasteiger partial charge in [0.25, 0.3) is 0 Å². The number of anilines is 1. The number of methoxy groups -OCH3 is 1. The molecular formula is C12H14ClNO3. The first-order chi connectivity index (χ1) is 8.11. The lowest BCUT2D eigenvalue weighted by atomic mass is 10.2. The van der Waals surface area contributed by atoms with Crippen LogP contribution in [0.5, 0.6) is 0 Å². The molecule has 1 unspecified atom stereocenters. The Morgan fingerprint density at radius 2 is 1.94 bits per heavy atom. The molecule has 0 aliphatic rings. The second-order valence-electron chi connectivity index (χ2n) is 3.43. The molecule has 1 aromatic rings. The van der Waals surface area contributed by atoms with Crippen LogP contribution in [0.1, 0.15) is 6.92 Å². The van der Waals surface area contributed by atoms with E-state index < -0.39 is 12.0 Å². The first kappa shape index (κ1) is 13.5. The standard InChI is InChI=1S/C12H14ClNO3/c1-9(12(16)17-2)14(11(15)8-13)10-6-4-3-5-7-10/h3-7,9H,8H2,1-2H3. The van der Waals surface area contributed by atoms with E-state index in [0.717, 1.165) is 0 Å². The highest BCUT2D eigenvalue weighted by atomic mass is 35.5. The van der Waals surface area contributed by atoms with E-state index in [1.807, 2.05) is 6.07 Å². The van der Waals surface area contributed by atoms with Crippen molar-refractivity contribution in [2.75, 3.05) is 17.9 Å². The maximum absolute atomic E-state index is 11.8. The predicted molar refractivity (Wildman–Crippen MR) is 66.1 cm³/mol. The van der Waals surface area contributed by atoms with Gasteiger partial charge in [0.05, 0.1) is 7.11 Å². The summed E-state index contributed by atoms with van der Waals surface area (Å²) >= 11 is 5.55. The van der Waals surface area contributed by atoms with E-state index in [-0.39, 0.29) is 11.8 Å². The summed E-state index contributed by atoms with van der Waals surface area (Å²) in [6.07, 6.45) is 0. The van der Waals surface area contributed by atoms with Gasteiger partial charge in [-0.25, -0.2) is 4.79 Å². The second kappa shape index (κ2) is 6.25. The zero-order chi connectivity index (χ0) is 12.8. The third kappa shape index (κ3) is 3.20. The molecule has 1 atom stereocenters. The van der Waals surface area contributed by atoms with Crippen LogP contribution in [-0.4, -0.2) is 30.9 Å². The Morgan fingerprint density at radius 1 is 1.35 bits per heavy atom. The zero-order valence-corrected chi connectivity index (χ0v) is 10.5. The number of hydrogen-bond donors (Lipinski definition) is 0. The third-order valence-corrected chi connectivity index (χ3v) is 2.58. The van der Waals surface area contributed by atoms with E-state index in [2.05, 4.69) is 4.74 Å². The highest BCUT2D eigenvalue weighted by Crippen LogP contribution is 2.17. The van der Waals surface area contributed by atoms with Crippen LogP contribution in [-0.2, 0) is 14.3 Å². The van der Waals surface area contributed by atoms with E-state index >= 15 is 0 Å². The fourth-order valence-corrected chi connectivity index (χ4v) is 1.64. The number of carbonyl (C=O) groups excluding carboxylic acids is 2. The van der Waals surface area contributed by atoms with Crippen LogP contribution in [0.3, 0.4) is 0 Å². The first-order valence-electron chi connectivity index (χ1n) is 5.12. The minimum absolute atomic E-state index is 0.184. The molecular weight excluding hydrogens is 242 g/mol.